The van der Waals surface area contributed by atoms with Crippen LogP contribution in [0.25, 0.3) is 0 Å². The zero-order valence-electron chi connectivity index (χ0n) is 14.1. The maximum atomic E-state index is 12.4. The van der Waals surface area contributed by atoms with Crippen LogP contribution in [-0.4, -0.2) is 38.8 Å². The lowest BCUT2D eigenvalue weighted by atomic mass is 9.92. The van der Waals surface area contributed by atoms with Gasteiger partial charge in [-0.3, -0.25) is 4.79 Å². The Hall–Kier alpha value is -1.30. The van der Waals surface area contributed by atoms with Gasteiger partial charge in [0.05, 0.1) is 6.61 Å². The van der Waals surface area contributed by atoms with Crippen molar-refractivity contribution >= 4 is 24.0 Å². The first-order valence-corrected chi connectivity index (χ1v) is 7.86. The number of hydrogen-bond donors (Lipinski definition) is 2. The summed E-state index contributed by atoms with van der Waals surface area (Å²) in [6, 6.07) is 6.13. The summed E-state index contributed by atoms with van der Waals surface area (Å²) in [5.41, 5.74) is 1.86. The van der Waals surface area contributed by atoms with Crippen LogP contribution in [0, 0.1) is 12.8 Å². The summed E-state index contributed by atoms with van der Waals surface area (Å²) in [7, 11) is 1.65. The first-order valence-electron chi connectivity index (χ1n) is 7.86. The molecule has 6 heteroatoms. The third kappa shape index (κ3) is 6.01. The second-order valence-electron chi connectivity index (χ2n) is 5.88. The fraction of sp³-hybridized carbons (Fsp3) is 0.588. The molecule has 1 saturated heterocycles. The molecule has 1 aliphatic rings. The van der Waals surface area contributed by atoms with Gasteiger partial charge in [-0.1, -0.05) is 0 Å². The van der Waals surface area contributed by atoms with Gasteiger partial charge in [-0.25, -0.2) is 0 Å². The number of nitrogens with one attached hydrogen (secondary N) is 2. The van der Waals surface area contributed by atoms with E-state index in [1.807, 2.05) is 25.1 Å². The summed E-state index contributed by atoms with van der Waals surface area (Å²) in [6.07, 6.45) is 1.79. The van der Waals surface area contributed by atoms with Crippen LogP contribution >= 0.6 is 12.4 Å². The molecule has 2 N–H and O–H groups in total. The lowest BCUT2D eigenvalue weighted by molar-refractivity contribution is -0.120. The Morgan fingerprint density at radius 3 is 2.83 bits per heavy atom. The molecule has 0 spiro atoms. The van der Waals surface area contributed by atoms with Crippen molar-refractivity contribution in [2.75, 3.05) is 32.2 Å². The van der Waals surface area contributed by atoms with Crippen molar-refractivity contribution in [1.82, 2.24) is 5.32 Å². The lowest BCUT2D eigenvalue weighted by Gasteiger charge is -2.27. The van der Waals surface area contributed by atoms with Gasteiger partial charge in [0, 0.05) is 24.8 Å². The second-order valence-corrected chi connectivity index (χ2v) is 5.88. The van der Waals surface area contributed by atoms with E-state index < -0.39 is 0 Å². The Morgan fingerprint density at radius 2 is 2.17 bits per heavy atom. The summed E-state index contributed by atoms with van der Waals surface area (Å²) < 4.78 is 10.5. The maximum absolute atomic E-state index is 12.4. The van der Waals surface area contributed by atoms with E-state index in [0.29, 0.717) is 19.3 Å². The fourth-order valence-electron chi connectivity index (χ4n) is 2.71. The van der Waals surface area contributed by atoms with Gasteiger partial charge in [-0.05, 0) is 57.0 Å². The quantitative estimate of drug-likeness (QED) is 0.780. The molecule has 0 saturated carbocycles. The molecule has 1 aromatic carbocycles. The van der Waals surface area contributed by atoms with Crippen LogP contribution in [0.1, 0.15) is 25.3 Å². The van der Waals surface area contributed by atoms with Gasteiger partial charge in [-0.2, -0.15) is 0 Å². The number of methoxy groups -OCH3 is 1. The number of rotatable bonds is 6. The molecule has 0 bridgehead atoms. The molecule has 2 atom stereocenters. The normalized spacial score (nSPS) is 20.5. The molecule has 1 heterocycles. The van der Waals surface area contributed by atoms with E-state index in [0.717, 1.165) is 36.4 Å². The summed E-state index contributed by atoms with van der Waals surface area (Å²) in [5, 5.41) is 6.42. The van der Waals surface area contributed by atoms with Crippen LogP contribution < -0.4 is 15.4 Å². The third-order valence-electron chi connectivity index (χ3n) is 4.01. The summed E-state index contributed by atoms with van der Waals surface area (Å²) in [6.45, 7) is 6.09. The minimum atomic E-state index is 0. The Kier molecular flexibility index (Phi) is 8.37. The van der Waals surface area contributed by atoms with Crippen molar-refractivity contribution in [1.29, 1.82) is 0 Å². The van der Waals surface area contributed by atoms with E-state index in [-0.39, 0.29) is 24.2 Å². The van der Waals surface area contributed by atoms with E-state index in [1.54, 1.807) is 7.11 Å². The number of carbonyl (C=O) groups is 1. The molecule has 2 rings (SSSR count). The van der Waals surface area contributed by atoms with Crippen LogP contribution in [-0.2, 0) is 9.53 Å². The van der Waals surface area contributed by atoms with Gasteiger partial charge in [0.1, 0.15) is 12.4 Å². The van der Waals surface area contributed by atoms with E-state index in [4.69, 9.17) is 9.47 Å². The molecule has 0 unspecified atom stereocenters. The van der Waals surface area contributed by atoms with E-state index in [1.165, 1.54) is 0 Å². The summed E-state index contributed by atoms with van der Waals surface area (Å²) in [4.78, 5) is 12.4. The highest BCUT2D eigenvalue weighted by Crippen LogP contribution is 2.24. The first-order chi connectivity index (χ1) is 10.6. The molecule has 5 nitrogen and oxygen atoms in total. The summed E-state index contributed by atoms with van der Waals surface area (Å²) in [5.74, 6) is 1.00. The van der Waals surface area contributed by atoms with Crippen molar-refractivity contribution in [2.45, 2.75) is 32.7 Å². The fourth-order valence-corrected chi connectivity index (χ4v) is 2.71. The topological polar surface area (TPSA) is 59.6 Å². The summed E-state index contributed by atoms with van der Waals surface area (Å²) >= 11 is 0. The molecule has 23 heavy (non-hydrogen) atoms. The Balaban J connectivity index is 0.00000264. The van der Waals surface area contributed by atoms with E-state index in [9.17, 15) is 4.79 Å². The molecule has 1 fully saturated rings. The van der Waals surface area contributed by atoms with Gasteiger partial charge in [0.2, 0.25) is 5.91 Å². The number of aryl methyl sites for hydroxylation is 1. The van der Waals surface area contributed by atoms with Gasteiger partial charge < -0.3 is 20.1 Å². The van der Waals surface area contributed by atoms with Crippen molar-refractivity contribution in [2.24, 2.45) is 5.92 Å². The van der Waals surface area contributed by atoms with Crippen molar-refractivity contribution < 1.29 is 14.3 Å². The standard InChI is InChI=1S/C17H26N2O3.ClH/c1-12-10-15(22-9-8-21-3)4-5-16(12)19-17(20)14-6-7-18-13(2)11-14;/h4-5,10,13-14,18H,6-9,11H2,1-3H3,(H,19,20);1H/t13-,14-;/m0./s1. The van der Waals surface area contributed by atoms with Crippen LogP contribution in [0.5, 0.6) is 5.75 Å². The van der Waals surface area contributed by atoms with Gasteiger partial charge >= 0.3 is 0 Å². The van der Waals surface area contributed by atoms with Gasteiger partial charge in [0.25, 0.3) is 0 Å². The molecule has 0 aliphatic carbocycles. The number of benzene rings is 1. The Morgan fingerprint density at radius 1 is 1.39 bits per heavy atom. The van der Waals surface area contributed by atoms with Crippen molar-refractivity contribution in [3.63, 3.8) is 0 Å². The largest absolute Gasteiger partial charge is 0.491 e. The number of anilines is 1. The number of piperidine rings is 1. The number of carbonyl (C=O) groups excluding carboxylic acids is 1. The van der Waals surface area contributed by atoms with Crippen LogP contribution in [0.2, 0.25) is 0 Å². The number of amides is 1. The zero-order valence-corrected chi connectivity index (χ0v) is 14.9. The van der Waals surface area contributed by atoms with Crippen molar-refractivity contribution in [3.8, 4) is 5.75 Å². The highest BCUT2D eigenvalue weighted by Gasteiger charge is 2.24. The Bertz CT molecular complexity index is 511. The maximum Gasteiger partial charge on any atom is 0.227 e. The van der Waals surface area contributed by atoms with Crippen LogP contribution in [0.3, 0.4) is 0 Å². The lowest BCUT2D eigenvalue weighted by Crippen LogP contribution is -2.40. The third-order valence-corrected chi connectivity index (χ3v) is 4.01. The molecule has 130 valence electrons. The van der Waals surface area contributed by atoms with E-state index >= 15 is 0 Å². The average molecular weight is 343 g/mol. The Labute approximate surface area is 144 Å². The minimum absolute atomic E-state index is 0. The zero-order chi connectivity index (χ0) is 15.9. The molecule has 0 radical (unpaired) electrons. The predicted molar refractivity (Wildman–Crippen MR) is 94.6 cm³/mol. The monoisotopic (exact) mass is 342 g/mol. The van der Waals surface area contributed by atoms with E-state index in [2.05, 4.69) is 17.6 Å². The van der Waals surface area contributed by atoms with Gasteiger partial charge in [0.15, 0.2) is 0 Å². The minimum Gasteiger partial charge on any atom is -0.491 e. The predicted octanol–water partition coefficient (Wildman–Crippen LogP) is 2.77. The molecule has 1 amide bonds. The highest BCUT2D eigenvalue weighted by atomic mass is 35.5. The van der Waals surface area contributed by atoms with Crippen LogP contribution in [0.4, 0.5) is 5.69 Å². The molecular formula is C17H27ClN2O3. The molecule has 1 aromatic rings. The van der Waals surface area contributed by atoms with Crippen LogP contribution in [0.15, 0.2) is 18.2 Å². The molecule has 1 aliphatic heterocycles. The molecule has 0 aromatic heterocycles. The second kappa shape index (κ2) is 9.75. The number of hydrogen-bond acceptors (Lipinski definition) is 4. The smallest absolute Gasteiger partial charge is 0.227 e. The first kappa shape index (κ1) is 19.7. The number of halogens is 1. The average Bonchev–Trinajstić information content (AvgIpc) is 2.50. The van der Waals surface area contributed by atoms with Crippen molar-refractivity contribution in [3.05, 3.63) is 23.8 Å². The number of ether oxygens (including phenoxy) is 2. The SMILES string of the molecule is COCCOc1ccc(NC(=O)[C@H]2CCN[C@@H](C)C2)c(C)c1.Cl. The highest BCUT2D eigenvalue weighted by molar-refractivity contribution is 5.93. The van der Waals surface area contributed by atoms with Gasteiger partial charge in [-0.15, -0.1) is 12.4 Å². The molecular weight excluding hydrogens is 316 g/mol.